The standard InChI is InChI=1S/C24H24N4O3/c1-3-19(17-10-5-4-6-11-17)23(29)28-24(26-22(27-28)21-14-9-15-31-21)25-16-18-12-7-8-13-20(18)30-2/h4-15,19H,3,16H2,1-2H3,(H,25,26,27)/t19-/m0/s1. The van der Waals surface area contributed by atoms with E-state index in [1.165, 1.54) is 4.68 Å². The number of aromatic nitrogens is 3. The molecule has 0 bridgehead atoms. The molecule has 2 heterocycles. The molecule has 0 unspecified atom stereocenters. The van der Waals surface area contributed by atoms with Gasteiger partial charge in [-0.05, 0) is 30.2 Å². The Kier molecular flexibility index (Phi) is 6.12. The number of nitrogens with zero attached hydrogens (tertiary/aromatic N) is 3. The summed E-state index contributed by atoms with van der Waals surface area (Å²) in [5, 5.41) is 7.72. The second kappa shape index (κ2) is 9.30. The molecule has 0 aliphatic rings. The molecule has 4 rings (SSSR count). The fourth-order valence-electron chi connectivity index (χ4n) is 3.50. The fraction of sp³-hybridized carbons (Fsp3) is 0.208. The molecule has 0 fully saturated rings. The van der Waals surface area contributed by atoms with Crippen LogP contribution in [0.1, 0.15) is 35.2 Å². The average molecular weight is 416 g/mol. The summed E-state index contributed by atoms with van der Waals surface area (Å²) in [6.45, 7) is 2.41. The van der Waals surface area contributed by atoms with Crippen molar-refractivity contribution in [3.05, 3.63) is 84.1 Å². The van der Waals surface area contributed by atoms with Crippen LogP contribution in [0.2, 0.25) is 0 Å². The molecule has 7 nitrogen and oxygen atoms in total. The van der Waals surface area contributed by atoms with Crippen molar-refractivity contribution in [2.75, 3.05) is 12.4 Å². The van der Waals surface area contributed by atoms with E-state index in [2.05, 4.69) is 15.4 Å². The van der Waals surface area contributed by atoms with Crippen LogP contribution in [0.15, 0.2) is 77.4 Å². The van der Waals surface area contributed by atoms with Gasteiger partial charge in [0.15, 0.2) is 5.76 Å². The van der Waals surface area contributed by atoms with E-state index in [1.807, 2.05) is 61.5 Å². The van der Waals surface area contributed by atoms with E-state index < -0.39 is 0 Å². The van der Waals surface area contributed by atoms with Gasteiger partial charge in [0.25, 0.3) is 5.91 Å². The monoisotopic (exact) mass is 416 g/mol. The molecule has 1 N–H and O–H groups in total. The maximum absolute atomic E-state index is 13.5. The molecule has 2 aromatic carbocycles. The first-order valence-corrected chi connectivity index (χ1v) is 10.2. The van der Waals surface area contributed by atoms with Gasteiger partial charge in [0, 0.05) is 12.1 Å². The van der Waals surface area contributed by atoms with Gasteiger partial charge in [-0.2, -0.15) is 9.67 Å². The maximum Gasteiger partial charge on any atom is 0.257 e. The highest BCUT2D eigenvalue weighted by atomic mass is 16.5. The van der Waals surface area contributed by atoms with Gasteiger partial charge in [-0.3, -0.25) is 4.79 Å². The molecule has 0 aliphatic heterocycles. The van der Waals surface area contributed by atoms with Gasteiger partial charge in [-0.25, -0.2) is 0 Å². The largest absolute Gasteiger partial charge is 0.496 e. The van der Waals surface area contributed by atoms with Crippen molar-refractivity contribution in [1.29, 1.82) is 0 Å². The van der Waals surface area contributed by atoms with E-state index in [-0.39, 0.29) is 11.8 Å². The fourth-order valence-corrected chi connectivity index (χ4v) is 3.50. The molecule has 0 radical (unpaired) electrons. The third-order valence-corrected chi connectivity index (χ3v) is 5.10. The number of anilines is 1. The van der Waals surface area contributed by atoms with E-state index in [0.717, 1.165) is 16.9 Å². The predicted molar refractivity (Wildman–Crippen MR) is 118 cm³/mol. The average Bonchev–Trinajstić information content (AvgIpc) is 3.49. The molecule has 1 atom stereocenters. The number of rotatable bonds is 8. The zero-order chi connectivity index (χ0) is 21.6. The van der Waals surface area contributed by atoms with E-state index in [0.29, 0.717) is 30.5 Å². The molecule has 158 valence electrons. The van der Waals surface area contributed by atoms with Gasteiger partial charge < -0.3 is 14.5 Å². The number of carbonyl (C=O) groups is 1. The van der Waals surface area contributed by atoms with Gasteiger partial charge in [0.1, 0.15) is 5.75 Å². The number of methoxy groups -OCH3 is 1. The minimum absolute atomic E-state index is 0.151. The molecule has 31 heavy (non-hydrogen) atoms. The number of carbonyl (C=O) groups excluding carboxylic acids is 1. The zero-order valence-electron chi connectivity index (χ0n) is 17.5. The number of ether oxygens (including phenoxy) is 1. The van der Waals surface area contributed by atoms with Crippen molar-refractivity contribution in [3.63, 3.8) is 0 Å². The summed E-state index contributed by atoms with van der Waals surface area (Å²) in [7, 11) is 1.63. The first kappa shape index (κ1) is 20.4. The van der Waals surface area contributed by atoms with E-state index >= 15 is 0 Å². The lowest BCUT2D eigenvalue weighted by Crippen LogP contribution is -2.23. The third-order valence-electron chi connectivity index (χ3n) is 5.10. The first-order chi connectivity index (χ1) is 15.2. The van der Waals surface area contributed by atoms with Crippen molar-refractivity contribution in [2.24, 2.45) is 0 Å². The third kappa shape index (κ3) is 4.35. The number of para-hydroxylation sites is 1. The molecule has 7 heteroatoms. The number of hydrogen-bond donors (Lipinski definition) is 1. The van der Waals surface area contributed by atoms with E-state index in [1.54, 1.807) is 25.5 Å². The van der Waals surface area contributed by atoms with Crippen LogP contribution in [0.4, 0.5) is 5.95 Å². The van der Waals surface area contributed by atoms with Crippen molar-refractivity contribution in [1.82, 2.24) is 14.8 Å². The Hall–Kier alpha value is -3.87. The summed E-state index contributed by atoms with van der Waals surface area (Å²) in [6, 6.07) is 20.9. The van der Waals surface area contributed by atoms with Crippen LogP contribution < -0.4 is 10.1 Å². The normalized spacial score (nSPS) is 11.8. The minimum Gasteiger partial charge on any atom is -0.496 e. The van der Waals surface area contributed by atoms with Crippen molar-refractivity contribution in [3.8, 4) is 17.3 Å². The van der Waals surface area contributed by atoms with Gasteiger partial charge in [-0.1, -0.05) is 55.5 Å². The minimum atomic E-state index is -0.334. The lowest BCUT2D eigenvalue weighted by atomic mass is 9.96. The maximum atomic E-state index is 13.5. The number of furan rings is 1. The van der Waals surface area contributed by atoms with Crippen LogP contribution in [0.3, 0.4) is 0 Å². The second-order valence-electron chi connectivity index (χ2n) is 7.02. The van der Waals surface area contributed by atoms with Crippen molar-refractivity contribution < 1.29 is 13.9 Å². The SMILES string of the molecule is CC[C@H](C(=O)n1nc(-c2ccco2)nc1NCc1ccccc1OC)c1ccccc1. The highest BCUT2D eigenvalue weighted by Crippen LogP contribution is 2.26. The summed E-state index contributed by atoms with van der Waals surface area (Å²) >= 11 is 0. The van der Waals surface area contributed by atoms with Gasteiger partial charge in [0.2, 0.25) is 11.8 Å². The molecule has 0 saturated carbocycles. The Morgan fingerprint density at radius 3 is 2.58 bits per heavy atom. The van der Waals surface area contributed by atoms with Crippen molar-refractivity contribution in [2.45, 2.75) is 25.8 Å². The summed E-state index contributed by atoms with van der Waals surface area (Å²) in [5.74, 6) is 1.48. The van der Waals surface area contributed by atoms with E-state index in [4.69, 9.17) is 9.15 Å². The lowest BCUT2D eigenvalue weighted by molar-refractivity contribution is 0.0861. The molecule has 0 saturated heterocycles. The van der Waals surface area contributed by atoms with Crippen LogP contribution in [0, 0.1) is 0 Å². The number of benzene rings is 2. The lowest BCUT2D eigenvalue weighted by Gasteiger charge is -2.15. The summed E-state index contributed by atoms with van der Waals surface area (Å²) in [6.07, 6.45) is 2.20. The Morgan fingerprint density at radius 2 is 1.87 bits per heavy atom. The predicted octanol–water partition coefficient (Wildman–Crippen LogP) is 4.99. The van der Waals surface area contributed by atoms with Gasteiger partial charge >= 0.3 is 0 Å². The highest BCUT2D eigenvalue weighted by molar-refractivity contribution is 5.87. The summed E-state index contributed by atoms with van der Waals surface area (Å²) in [4.78, 5) is 18.0. The van der Waals surface area contributed by atoms with Crippen LogP contribution in [0.5, 0.6) is 5.75 Å². The summed E-state index contributed by atoms with van der Waals surface area (Å²) in [5.41, 5.74) is 1.89. The van der Waals surface area contributed by atoms with Gasteiger partial charge in [-0.15, -0.1) is 5.10 Å². The first-order valence-electron chi connectivity index (χ1n) is 10.2. The zero-order valence-corrected chi connectivity index (χ0v) is 17.5. The summed E-state index contributed by atoms with van der Waals surface area (Å²) < 4.78 is 12.2. The Morgan fingerprint density at radius 1 is 1.10 bits per heavy atom. The Labute approximate surface area is 180 Å². The van der Waals surface area contributed by atoms with Crippen LogP contribution in [-0.4, -0.2) is 27.8 Å². The number of hydrogen-bond acceptors (Lipinski definition) is 6. The van der Waals surface area contributed by atoms with E-state index in [9.17, 15) is 4.79 Å². The molecule has 2 aromatic heterocycles. The second-order valence-corrected chi connectivity index (χ2v) is 7.02. The number of nitrogens with one attached hydrogen (secondary N) is 1. The molecule has 4 aromatic rings. The molecule has 0 amide bonds. The van der Waals surface area contributed by atoms with Crippen LogP contribution in [0.25, 0.3) is 11.6 Å². The molecular weight excluding hydrogens is 392 g/mol. The highest BCUT2D eigenvalue weighted by Gasteiger charge is 2.26. The Balaban J connectivity index is 1.68. The molecule has 0 aliphatic carbocycles. The van der Waals surface area contributed by atoms with Crippen LogP contribution in [-0.2, 0) is 6.54 Å². The van der Waals surface area contributed by atoms with Crippen LogP contribution >= 0.6 is 0 Å². The molecular formula is C24H24N4O3. The molecule has 0 spiro atoms. The Bertz CT molecular complexity index is 1140. The quantitative estimate of drug-likeness (QED) is 0.436. The van der Waals surface area contributed by atoms with Crippen molar-refractivity contribution >= 4 is 11.9 Å². The topological polar surface area (TPSA) is 82.2 Å². The smallest absolute Gasteiger partial charge is 0.257 e. The van der Waals surface area contributed by atoms with Gasteiger partial charge in [0.05, 0.1) is 19.3 Å².